The van der Waals surface area contributed by atoms with Crippen molar-refractivity contribution in [2.45, 2.75) is 20.3 Å². The van der Waals surface area contributed by atoms with E-state index in [0.29, 0.717) is 5.69 Å². The Labute approximate surface area is 122 Å². The van der Waals surface area contributed by atoms with Gasteiger partial charge in [0, 0.05) is 18.0 Å². The summed E-state index contributed by atoms with van der Waals surface area (Å²) in [6.45, 7) is 4.15. The first kappa shape index (κ1) is 13.4. The van der Waals surface area contributed by atoms with Crippen LogP contribution in [0.25, 0.3) is 16.8 Å². The van der Waals surface area contributed by atoms with Gasteiger partial charge in [-0.2, -0.15) is 0 Å². The number of hydrogen-bond donors (Lipinski definition) is 1. The van der Waals surface area contributed by atoms with Crippen LogP contribution in [0.2, 0.25) is 0 Å². The van der Waals surface area contributed by atoms with Crippen LogP contribution in [0.5, 0.6) is 0 Å². The van der Waals surface area contributed by atoms with Crippen molar-refractivity contribution < 1.29 is 9.90 Å². The highest BCUT2D eigenvalue weighted by molar-refractivity contribution is 5.82. The molecule has 0 atom stereocenters. The van der Waals surface area contributed by atoms with E-state index in [1.54, 1.807) is 6.20 Å². The summed E-state index contributed by atoms with van der Waals surface area (Å²) >= 11 is 0. The summed E-state index contributed by atoms with van der Waals surface area (Å²) < 4.78 is 1.86. The first-order valence-electron chi connectivity index (χ1n) is 6.81. The van der Waals surface area contributed by atoms with E-state index >= 15 is 0 Å². The predicted octanol–water partition coefficient (Wildman–Crippen LogP) is 3.25. The zero-order valence-electron chi connectivity index (χ0n) is 12.0. The van der Waals surface area contributed by atoms with Gasteiger partial charge in [0.05, 0.1) is 12.1 Å². The van der Waals surface area contributed by atoms with Crippen molar-refractivity contribution in [2.24, 2.45) is 0 Å². The van der Waals surface area contributed by atoms with Crippen molar-refractivity contribution in [3.05, 3.63) is 59.5 Å². The van der Waals surface area contributed by atoms with Crippen LogP contribution in [0.15, 0.2) is 42.7 Å². The van der Waals surface area contributed by atoms with Crippen LogP contribution in [0, 0.1) is 13.8 Å². The lowest BCUT2D eigenvalue weighted by Crippen LogP contribution is -2.03. The summed E-state index contributed by atoms with van der Waals surface area (Å²) in [5.74, 6) is -0.853. The van der Waals surface area contributed by atoms with E-state index in [-0.39, 0.29) is 6.42 Å². The first-order valence-corrected chi connectivity index (χ1v) is 6.81. The van der Waals surface area contributed by atoms with E-state index in [4.69, 9.17) is 5.11 Å². The van der Waals surface area contributed by atoms with Crippen LogP contribution >= 0.6 is 0 Å². The molecule has 0 spiro atoms. The minimum atomic E-state index is -0.853. The number of fused-ring (bicyclic) bond motifs is 1. The van der Waals surface area contributed by atoms with E-state index < -0.39 is 5.97 Å². The molecule has 2 aromatic heterocycles. The molecular weight excluding hydrogens is 264 g/mol. The van der Waals surface area contributed by atoms with Gasteiger partial charge in [-0.05, 0) is 42.7 Å². The van der Waals surface area contributed by atoms with E-state index in [2.05, 4.69) is 31.0 Å². The Kier molecular flexibility index (Phi) is 3.22. The average Bonchev–Trinajstić information content (AvgIpc) is 2.82. The largest absolute Gasteiger partial charge is 0.481 e. The Balaban J connectivity index is 2.25. The Morgan fingerprint density at radius 3 is 2.57 bits per heavy atom. The highest BCUT2D eigenvalue weighted by Crippen LogP contribution is 2.30. The number of imidazole rings is 1. The molecule has 0 aliphatic heterocycles. The van der Waals surface area contributed by atoms with Gasteiger partial charge in [-0.15, -0.1) is 0 Å². The quantitative estimate of drug-likeness (QED) is 0.801. The van der Waals surface area contributed by atoms with Crippen molar-refractivity contribution in [2.75, 3.05) is 0 Å². The fourth-order valence-corrected chi connectivity index (χ4v) is 2.78. The molecule has 2 heterocycles. The highest BCUT2D eigenvalue weighted by atomic mass is 16.4. The standard InChI is InChI=1S/C17H16N2O2/c1-11-5-3-6-12(2)16(11)14-7-4-8-19-13(9-15(20)21)10-18-17(14)19/h3-8,10H,9H2,1-2H3,(H,20,21). The van der Waals surface area contributed by atoms with Crippen LogP contribution in [-0.2, 0) is 11.2 Å². The summed E-state index contributed by atoms with van der Waals surface area (Å²) in [7, 11) is 0. The summed E-state index contributed by atoms with van der Waals surface area (Å²) in [6, 6.07) is 10.2. The van der Waals surface area contributed by atoms with E-state index in [1.165, 1.54) is 11.1 Å². The summed E-state index contributed by atoms with van der Waals surface area (Å²) in [6.07, 6.45) is 3.47. The molecule has 3 aromatic rings. The second kappa shape index (κ2) is 5.05. The second-order valence-corrected chi connectivity index (χ2v) is 5.20. The van der Waals surface area contributed by atoms with Gasteiger partial charge in [0.25, 0.3) is 0 Å². The van der Waals surface area contributed by atoms with Crippen molar-refractivity contribution in [1.82, 2.24) is 9.38 Å². The Bertz CT molecular complexity index is 814. The fourth-order valence-electron chi connectivity index (χ4n) is 2.78. The number of carboxylic acids is 1. The Morgan fingerprint density at radius 2 is 1.90 bits per heavy atom. The number of carboxylic acid groups (broad SMARTS) is 1. The SMILES string of the molecule is Cc1cccc(C)c1-c1cccn2c(CC(=O)O)cnc12. The zero-order valence-corrected chi connectivity index (χ0v) is 12.0. The molecule has 1 N–H and O–H groups in total. The van der Waals surface area contributed by atoms with Crippen LogP contribution in [-0.4, -0.2) is 20.5 Å². The molecule has 4 heteroatoms. The fraction of sp³-hybridized carbons (Fsp3) is 0.176. The van der Waals surface area contributed by atoms with Gasteiger partial charge in [0.15, 0.2) is 0 Å². The van der Waals surface area contributed by atoms with Crippen LogP contribution < -0.4 is 0 Å². The van der Waals surface area contributed by atoms with Gasteiger partial charge in [0.1, 0.15) is 5.65 Å². The lowest BCUT2D eigenvalue weighted by molar-refractivity contribution is -0.136. The van der Waals surface area contributed by atoms with Gasteiger partial charge in [0.2, 0.25) is 0 Å². The number of hydrogen-bond acceptors (Lipinski definition) is 2. The number of aromatic nitrogens is 2. The average molecular weight is 280 g/mol. The van der Waals surface area contributed by atoms with Gasteiger partial charge >= 0.3 is 5.97 Å². The van der Waals surface area contributed by atoms with Crippen molar-refractivity contribution in [1.29, 1.82) is 0 Å². The first-order chi connectivity index (χ1) is 10.1. The molecule has 0 aliphatic rings. The summed E-state index contributed by atoms with van der Waals surface area (Å²) in [4.78, 5) is 15.4. The van der Waals surface area contributed by atoms with E-state index in [9.17, 15) is 4.79 Å². The molecular formula is C17H16N2O2. The molecule has 0 fully saturated rings. The third-order valence-corrected chi connectivity index (χ3v) is 3.70. The molecule has 3 rings (SSSR count). The summed E-state index contributed by atoms with van der Waals surface area (Å²) in [5.41, 5.74) is 6.05. The lowest BCUT2D eigenvalue weighted by atomic mass is 9.96. The number of rotatable bonds is 3. The molecule has 0 bridgehead atoms. The third-order valence-electron chi connectivity index (χ3n) is 3.70. The molecule has 0 amide bonds. The third kappa shape index (κ3) is 2.29. The Morgan fingerprint density at radius 1 is 1.19 bits per heavy atom. The van der Waals surface area contributed by atoms with Gasteiger partial charge < -0.3 is 9.51 Å². The smallest absolute Gasteiger partial charge is 0.309 e. The summed E-state index contributed by atoms with van der Waals surface area (Å²) in [5, 5.41) is 8.98. The molecule has 0 aliphatic carbocycles. The van der Waals surface area contributed by atoms with Crippen LogP contribution in [0.1, 0.15) is 16.8 Å². The molecule has 106 valence electrons. The number of nitrogens with zero attached hydrogens (tertiary/aromatic N) is 2. The minimum Gasteiger partial charge on any atom is -0.481 e. The van der Waals surface area contributed by atoms with Gasteiger partial charge in [-0.1, -0.05) is 18.2 Å². The second-order valence-electron chi connectivity index (χ2n) is 5.20. The zero-order chi connectivity index (χ0) is 15.0. The maximum atomic E-state index is 10.9. The molecule has 1 aromatic carbocycles. The van der Waals surface area contributed by atoms with E-state index in [0.717, 1.165) is 16.8 Å². The normalized spacial score (nSPS) is 11.0. The molecule has 0 unspecified atom stereocenters. The number of carbonyl (C=O) groups is 1. The van der Waals surface area contributed by atoms with Gasteiger partial charge in [-0.25, -0.2) is 4.98 Å². The number of aryl methyl sites for hydroxylation is 2. The van der Waals surface area contributed by atoms with Crippen LogP contribution in [0.4, 0.5) is 0 Å². The maximum absolute atomic E-state index is 10.9. The molecule has 0 saturated heterocycles. The van der Waals surface area contributed by atoms with Crippen molar-refractivity contribution in [3.63, 3.8) is 0 Å². The minimum absolute atomic E-state index is 0.0304. The van der Waals surface area contributed by atoms with Crippen molar-refractivity contribution in [3.8, 4) is 11.1 Å². The monoisotopic (exact) mass is 280 g/mol. The molecule has 21 heavy (non-hydrogen) atoms. The molecule has 0 saturated carbocycles. The molecule has 0 radical (unpaired) electrons. The Hall–Kier alpha value is -2.62. The molecule has 4 nitrogen and oxygen atoms in total. The maximum Gasteiger partial charge on any atom is 0.309 e. The van der Waals surface area contributed by atoms with Crippen molar-refractivity contribution >= 4 is 11.6 Å². The highest BCUT2D eigenvalue weighted by Gasteiger charge is 2.13. The van der Waals surface area contributed by atoms with Crippen LogP contribution in [0.3, 0.4) is 0 Å². The number of aliphatic carboxylic acids is 1. The topological polar surface area (TPSA) is 54.6 Å². The number of benzene rings is 1. The number of pyridine rings is 1. The van der Waals surface area contributed by atoms with E-state index in [1.807, 2.05) is 28.8 Å². The van der Waals surface area contributed by atoms with Gasteiger partial charge in [-0.3, -0.25) is 4.79 Å². The lowest BCUT2D eigenvalue weighted by Gasteiger charge is -2.11. The predicted molar refractivity (Wildman–Crippen MR) is 81.4 cm³/mol.